The molecule has 0 aliphatic heterocycles. The van der Waals surface area contributed by atoms with E-state index in [0.717, 1.165) is 11.1 Å². The van der Waals surface area contributed by atoms with Gasteiger partial charge >= 0.3 is 0 Å². The lowest BCUT2D eigenvalue weighted by molar-refractivity contribution is -0.139. The predicted molar refractivity (Wildman–Crippen MR) is 132 cm³/mol. The van der Waals surface area contributed by atoms with Crippen molar-refractivity contribution in [2.24, 2.45) is 0 Å². The number of nitrogens with zero attached hydrogens (tertiary/aromatic N) is 1. The van der Waals surface area contributed by atoms with E-state index < -0.39 is 6.04 Å². The molecule has 0 saturated carbocycles. The monoisotopic (exact) mass is 500 g/mol. The number of carbonyl (C=O) groups excluding carboxylic acids is 2. The number of nitrogens with one attached hydrogen (secondary N) is 1. The van der Waals surface area contributed by atoms with Crippen LogP contribution in [-0.4, -0.2) is 34.6 Å². The van der Waals surface area contributed by atoms with Crippen LogP contribution in [-0.2, 0) is 21.9 Å². The lowest BCUT2D eigenvalue weighted by Gasteiger charge is -2.31. The molecule has 0 aliphatic rings. The van der Waals surface area contributed by atoms with Crippen LogP contribution in [0.5, 0.6) is 0 Å². The van der Waals surface area contributed by atoms with Gasteiger partial charge in [-0.15, -0.1) is 11.8 Å². The van der Waals surface area contributed by atoms with Gasteiger partial charge in [0.25, 0.3) is 0 Å². The third-order valence-corrected chi connectivity index (χ3v) is 6.39. The average Bonchev–Trinajstić information content (AvgIpc) is 2.70. The summed E-state index contributed by atoms with van der Waals surface area (Å²) in [5, 5.41) is 4.71. The summed E-state index contributed by atoms with van der Waals surface area (Å²) in [5.41, 5.74) is 1.83. The van der Waals surface area contributed by atoms with E-state index in [0.29, 0.717) is 33.8 Å². The Labute approximate surface area is 203 Å². The molecule has 8 heteroatoms. The zero-order chi connectivity index (χ0) is 23.0. The van der Waals surface area contributed by atoms with Crippen LogP contribution in [0, 0.1) is 0 Å². The molecule has 0 saturated heterocycles. The first-order valence-corrected chi connectivity index (χ1v) is 12.4. The Morgan fingerprint density at radius 1 is 1.03 bits per heavy atom. The number of amides is 2. The molecule has 0 fully saturated rings. The van der Waals surface area contributed by atoms with Crippen molar-refractivity contribution in [1.29, 1.82) is 0 Å². The van der Waals surface area contributed by atoms with Crippen LogP contribution >= 0.6 is 46.6 Å². The average molecular weight is 502 g/mol. The molecule has 31 heavy (non-hydrogen) atoms. The Balaban J connectivity index is 2.13. The fourth-order valence-corrected chi connectivity index (χ4v) is 4.65. The highest BCUT2D eigenvalue weighted by molar-refractivity contribution is 7.99. The van der Waals surface area contributed by atoms with Crippen molar-refractivity contribution in [3.8, 4) is 0 Å². The Bertz CT molecular complexity index is 891. The number of hydrogen-bond donors (Lipinski definition) is 1. The lowest BCUT2D eigenvalue weighted by atomic mass is 10.1. The van der Waals surface area contributed by atoms with Gasteiger partial charge < -0.3 is 10.2 Å². The van der Waals surface area contributed by atoms with E-state index in [-0.39, 0.29) is 23.6 Å². The van der Waals surface area contributed by atoms with E-state index in [1.165, 1.54) is 11.8 Å². The van der Waals surface area contributed by atoms with Gasteiger partial charge in [-0.2, -0.15) is 0 Å². The molecule has 2 amide bonds. The number of hydrogen-bond acceptors (Lipinski definition) is 3. The number of rotatable bonds is 10. The van der Waals surface area contributed by atoms with Gasteiger partial charge in [0.05, 0.1) is 5.75 Å². The Morgan fingerprint density at radius 2 is 1.68 bits per heavy atom. The quantitative estimate of drug-likeness (QED) is 0.421. The minimum atomic E-state index is -0.551. The summed E-state index contributed by atoms with van der Waals surface area (Å²) < 4.78 is 0. The Morgan fingerprint density at radius 3 is 2.26 bits per heavy atom. The molecule has 0 bridgehead atoms. The molecule has 0 heterocycles. The van der Waals surface area contributed by atoms with E-state index in [2.05, 4.69) is 5.32 Å². The van der Waals surface area contributed by atoms with Crippen LogP contribution in [0.15, 0.2) is 42.5 Å². The van der Waals surface area contributed by atoms with Crippen molar-refractivity contribution < 1.29 is 9.59 Å². The SMILES string of the molecule is CC[C@@H](C(=O)NC(C)C)N(Cc1ccc(Cl)cc1)C(=O)CSCc1ccc(Cl)cc1Cl. The van der Waals surface area contributed by atoms with Gasteiger partial charge in [0.2, 0.25) is 11.8 Å². The third kappa shape index (κ3) is 8.23. The predicted octanol–water partition coefficient (Wildman–Crippen LogP) is 6.21. The molecule has 0 unspecified atom stereocenters. The van der Waals surface area contributed by atoms with Crippen LogP contribution in [0.1, 0.15) is 38.3 Å². The molecule has 1 N–H and O–H groups in total. The fraction of sp³-hybridized carbons (Fsp3) is 0.391. The highest BCUT2D eigenvalue weighted by Crippen LogP contribution is 2.25. The Hall–Kier alpha value is -1.40. The summed E-state index contributed by atoms with van der Waals surface area (Å²) in [6, 6.07) is 12.1. The van der Waals surface area contributed by atoms with Crippen LogP contribution in [0.3, 0.4) is 0 Å². The minimum absolute atomic E-state index is 0.00421. The van der Waals surface area contributed by atoms with Gasteiger partial charge in [-0.05, 0) is 55.7 Å². The molecule has 2 rings (SSSR count). The zero-order valence-corrected chi connectivity index (χ0v) is 20.9. The molecule has 0 radical (unpaired) electrons. The molecular formula is C23H27Cl3N2O2S. The highest BCUT2D eigenvalue weighted by atomic mass is 35.5. The first kappa shape index (κ1) is 25.9. The maximum Gasteiger partial charge on any atom is 0.243 e. The Kier molecular flexibility index (Phi) is 10.5. The van der Waals surface area contributed by atoms with Gasteiger partial charge in [0.15, 0.2) is 0 Å². The standard InChI is InChI=1S/C23H27Cl3N2O2S/c1-4-21(23(30)27-15(2)3)28(12-16-5-8-18(24)9-6-16)22(29)14-31-13-17-7-10-19(25)11-20(17)26/h5-11,15,21H,4,12-14H2,1-3H3,(H,27,30)/t21-/m0/s1. The summed E-state index contributed by atoms with van der Waals surface area (Å²) in [7, 11) is 0. The zero-order valence-electron chi connectivity index (χ0n) is 17.8. The maximum absolute atomic E-state index is 13.2. The molecule has 2 aromatic carbocycles. The van der Waals surface area contributed by atoms with Crippen molar-refractivity contribution in [1.82, 2.24) is 10.2 Å². The molecule has 168 valence electrons. The largest absolute Gasteiger partial charge is 0.352 e. The van der Waals surface area contributed by atoms with Crippen molar-refractivity contribution in [3.05, 3.63) is 68.7 Å². The minimum Gasteiger partial charge on any atom is -0.352 e. The van der Waals surface area contributed by atoms with Crippen LogP contribution in [0.4, 0.5) is 0 Å². The second-order valence-electron chi connectivity index (χ2n) is 7.46. The smallest absolute Gasteiger partial charge is 0.243 e. The van der Waals surface area contributed by atoms with Crippen molar-refractivity contribution in [2.75, 3.05) is 5.75 Å². The first-order valence-electron chi connectivity index (χ1n) is 10.1. The van der Waals surface area contributed by atoms with Gasteiger partial charge in [-0.3, -0.25) is 9.59 Å². The van der Waals surface area contributed by atoms with Gasteiger partial charge in [0.1, 0.15) is 6.04 Å². The molecule has 1 atom stereocenters. The molecular weight excluding hydrogens is 475 g/mol. The second-order valence-corrected chi connectivity index (χ2v) is 9.73. The fourth-order valence-electron chi connectivity index (χ4n) is 3.06. The number of carbonyl (C=O) groups is 2. The van der Waals surface area contributed by atoms with E-state index in [4.69, 9.17) is 34.8 Å². The van der Waals surface area contributed by atoms with Crippen LogP contribution < -0.4 is 5.32 Å². The van der Waals surface area contributed by atoms with E-state index in [1.807, 2.05) is 39.0 Å². The molecule has 0 aromatic heterocycles. The third-order valence-electron chi connectivity index (χ3n) is 4.58. The second kappa shape index (κ2) is 12.6. The number of benzene rings is 2. The van der Waals surface area contributed by atoms with E-state index in [9.17, 15) is 9.59 Å². The molecule has 0 aliphatic carbocycles. The normalized spacial score (nSPS) is 12.0. The van der Waals surface area contributed by atoms with Crippen molar-refractivity contribution >= 4 is 58.4 Å². The highest BCUT2D eigenvalue weighted by Gasteiger charge is 2.28. The van der Waals surface area contributed by atoms with Gasteiger partial charge in [0, 0.05) is 33.4 Å². The summed E-state index contributed by atoms with van der Waals surface area (Å²) in [6.45, 7) is 6.05. The summed E-state index contributed by atoms with van der Waals surface area (Å²) in [5.74, 6) is 0.560. The van der Waals surface area contributed by atoms with E-state index >= 15 is 0 Å². The summed E-state index contributed by atoms with van der Waals surface area (Å²) >= 11 is 19.6. The van der Waals surface area contributed by atoms with Gasteiger partial charge in [-0.25, -0.2) is 0 Å². The number of halogens is 3. The van der Waals surface area contributed by atoms with Crippen LogP contribution in [0.25, 0.3) is 0 Å². The van der Waals surface area contributed by atoms with Crippen molar-refractivity contribution in [3.63, 3.8) is 0 Å². The summed E-state index contributed by atoms with van der Waals surface area (Å²) in [4.78, 5) is 27.6. The van der Waals surface area contributed by atoms with Crippen LogP contribution in [0.2, 0.25) is 15.1 Å². The molecule has 2 aromatic rings. The van der Waals surface area contributed by atoms with E-state index in [1.54, 1.807) is 29.2 Å². The van der Waals surface area contributed by atoms with Gasteiger partial charge in [-0.1, -0.05) is 59.9 Å². The maximum atomic E-state index is 13.2. The topological polar surface area (TPSA) is 49.4 Å². The summed E-state index contributed by atoms with van der Waals surface area (Å²) in [6.07, 6.45) is 0.519. The lowest BCUT2D eigenvalue weighted by Crippen LogP contribution is -2.50. The first-order chi connectivity index (χ1) is 14.7. The molecule has 0 spiro atoms. The molecule has 4 nitrogen and oxygen atoms in total. The number of thioether (sulfide) groups is 1. The van der Waals surface area contributed by atoms with Crippen molar-refractivity contribution in [2.45, 2.75) is 51.6 Å².